The molecule has 0 aliphatic heterocycles. The van der Waals surface area contributed by atoms with E-state index in [4.69, 9.17) is 21.1 Å². The van der Waals surface area contributed by atoms with Crippen LogP contribution in [0.3, 0.4) is 0 Å². The maximum atomic E-state index is 6.59. The molecule has 0 fully saturated rings. The number of para-hydroxylation sites is 1. The van der Waals surface area contributed by atoms with Crippen LogP contribution in [0.1, 0.15) is 90.9 Å². The largest absolute Gasteiger partial charge is 0.493 e. The second kappa shape index (κ2) is 17.1. The van der Waals surface area contributed by atoms with Crippen LogP contribution in [0.25, 0.3) is 22.4 Å². The normalized spacial score (nSPS) is 11.0. The zero-order chi connectivity index (χ0) is 26.1. The third-order valence-corrected chi connectivity index (χ3v) is 6.98. The van der Waals surface area contributed by atoms with Gasteiger partial charge in [0.2, 0.25) is 0 Å². The Morgan fingerprint density at radius 2 is 1.22 bits per heavy atom. The molecule has 0 atom stereocenters. The second-order valence-corrected chi connectivity index (χ2v) is 10.2. The quantitative estimate of drug-likeness (QED) is 0.156. The molecular formula is C33H44ClNO2. The van der Waals surface area contributed by atoms with E-state index in [1.54, 1.807) is 6.20 Å². The van der Waals surface area contributed by atoms with Gasteiger partial charge >= 0.3 is 0 Å². The highest BCUT2D eigenvalue weighted by atomic mass is 35.5. The van der Waals surface area contributed by atoms with E-state index in [9.17, 15) is 0 Å². The number of nitrogens with zero attached hydrogens (tertiary/aromatic N) is 1. The molecule has 2 aromatic carbocycles. The van der Waals surface area contributed by atoms with Gasteiger partial charge in [-0.15, -0.1) is 0 Å². The molecule has 3 nitrogen and oxygen atoms in total. The number of hydrogen-bond acceptors (Lipinski definition) is 3. The van der Waals surface area contributed by atoms with Gasteiger partial charge in [-0.05, 0) is 24.5 Å². The van der Waals surface area contributed by atoms with Gasteiger partial charge < -0.3 is 9.47 Å². The molecule has 1 aromatic heterocycles. The number of rotatable bonds is 18. The van der Waals surface area contributed by atoms with Crippen molar-refractivity contribution in [1.29, 1.82) is 0 Å². The van der Waals surface area contributed by atoms with Crippen LogP contribution in [-0.4, -0.2) is 18.2 Å². The molecule has 0 aliphatic rings. The number of hydrogen-bond donors (Lipinski definition) is 0. The average Bonchev–Trinajstić information content (AvgIpc) is 2.92. The SMILES string of the molecule is CCCCCCCCOc1cnc(-c2ccc(-c3ccccc3OCCCCCCCC)cc2)c(Cl)c1. The van der Waals surface area contributed by atoms with Crippen LogP contribution in [-0.2, 0) is 0 Å². The highest BCUT2D eigenvalue weighted by molar-refractivity contribution is 6.33. The minimum atomic E-state index is 0.607. The van der Waals surface area contributed by atoms with Crippen LogP contribution in [0.15, 0.2) is 60.8 Å². The van der Waals surface area contributed by atoms with E-state index in [1.807, 2.05) is 12.1 Å². The Morgan fingerprint density at radius 3 is 1.86 bits per heavy atom. The van der Waals surface area contributed by atoms with E-state index in [1.165, 1.54) is 64.2 Å². The lowest BCUT2D eigenvalue weighted by atomic mass is 10.0. The standard InChI is InChI=1S/C33H44ClNO2/c1-3-5-7-9-11-15-23-36-29-25-31(34)33(35-26-29)28-21-19-27(20-22-28)30-17-13-14-18-32(30)37-24-16-12-10-8-6-4-2/h13-14,17-22,25-26H,3-12,15-16,23-24H2,1-2H3. The second-order valence-electron chi connectivity index (χ2n) is 9.81. The highest BCUT2D eigenvalue weighted by Gasteiger charge is 2.10. The van der Waals surface area contributed by atoms with Crippen molar-refractivity contribution in [3.8, 4) is 33.9 Å². The summed E-state index contributed by atoms with van der Waals surface area (Å²) in [4.78, 5) is 4.60. The first kappa shape index (κ1) is 29.0. The first-order valence-corrected chi connectivity index (χ1v) is 14.7. The Balaban J connectivity index is 1.54. The van der Waals surface area contributed by atoms with Gasteiger partial charge in [-0.3, -0.25) is 4.98 Å². The lowest BCUT2D eigenvalue weighted by Gasteiger charge is -2.13. The maximum absolute atomic E-state index is 6.59. The van der Waals surface area contributed by atoms with Crippen LogP contribution in [0, 0.1) is 0 Å². The van der Waals surface area contributed by atoms with Crippen LogP contribution in [0.4, 0.5) is 0 Å². The molecule has 0 aliphatic carbocycles. The first-order chi connectivity index (χ1) is 18.2. The Hall–Kier alpha value is -2.52. The monoisotopic (exact) mass is 521 g/mol. The Morgan fingerprint density at radius 1 is 0.649 bits per heavy atom. The lowest BCUT2D eigenvalue weighted by Crippen LogP contribution is -1.99. The van der Waals surface area contributed by atoms with Gasteiger partial charge in [0, 0.05) is 17.2 Å². The minimum absolute atomic E-state index is 0.607. The van der Waals surface area contributed by atoms with Crippen molar-refractivity contribution in [1.82, 2.24) is 4.98 Å². The fourth-order valence-corrected chi connectivity index (χ4v) is 4.75. The molecule has 0 spiro atoms. The van der Waals surface area contributed by atoms with Crippen molar-refractivity contribution >= 4 is 11.6 Å². The summed E-state index contributed by atoms with van der Waals surface area (Å²) in [7, 11) is 0. The van der Waals surface area contributed by atoms with Gasteiger partial charge in [-0.25, -0.2) is 0 Å². The summed E-state index contributed by atoms with van der Waals surface area (Å²) < 4.78 is 12.0. The maximum Gasteiger partial charge on any atom is 0.139 e. The summed E-state index contributed by atoms with van der Waals surface area (Å²) in [5.41, 5.74) is 3.99. The van der Waals surface area contributed by atoms with E-state index in [-0.39, 0.29) is 0 Å². The fraction of sp³-hybridized carbons (Fsp3) is 0.485. The van der Waals surface area contributed by atoms with Crippen molar-refractivity contribution in [2.75, 3.05) is 13.2 Å². The smallest absolute Gasteiger partial charge is 0.139 e. The van der Waals surface area contributed by atoms with E-state index in [0.717, 1.165) is 53.3 Å². The average molecular weight is 522 g/mol. The van der Waals surface area contributed by atoms with Gasteiger partial charge in [0.1, 0.15) is 11.5 Å². The summed E-state index contributed by atoms with van der Waals surface area (Å²) in [6, 6.07) is 18.5. The van der Waals surface area contributed by atoms with Crippen LogP contribution >= 0.6 is 11.6 Å². The molecule has 0 radical (unpaired) electrons. The van der Waals surface area contributed by atoms with Crippen molar-refractivity contribution in [3.63, 3.8) is 0 Å². The summed E-state index contributed by atoms with van der Waals surface area (Å²) in [5, 5.41) is 0.607. The topological polar surface area (TPSA) is 31.4 Å². The van der Waals surface area contributed by atoms with Crippen molar-refractivity contribution in [2.45, 2.75) is 90.9 Å². The minimum Gasteiger partial charge on any atom is -0.493 e. The van der Waals surface area contributed by atoms with Gasteiger partial charge in [0.05, 0.1) is 30.1 Å². The Kier molecular flexibility index (Phi) is 13.4. The fourth-order valence-electron chi connectivity index (χ4n) is 4.49. The molecule has 3 rings (SSSR count). The lowest BCUT2D eigenvalue weighted by molar-refractivity contribution is 0.303. The third kappa shape index (κ3) is 10.0. The molecule has 37 heavy (non-hydrogen) atoms. The third-order valence-electron chi connectivity index (χ3n) is 6.69. The first-order valence-electron chi connectivity index (χ1n) is 14.3. The summed E-state index contributed by atoms with van der Waals surface area (Å²) in [6.07, 6.45) is 16.8. The zero-order valence-corrected chi connectivity index (χ0v) is 23.6. The molecule has 3 aromatic rings. The van der Waals surface area contributed by atoms with E-state index >= 15 is 0 Å². The molecule has 200 valence electrons. The van der Waals surface area contributed by atoms with Crippen molar-refractivity contribution in [3.05, 3.63) is 65.8 Å². The van der Waals surface area contributed by atoms with Crippen LogP contribution in [0.5, 0.6) is 11.5 Å². The number of benzene rings is 2. The number of halogens is 1. The van der Waals surface area contributed by atoms with Gasteiger partial charge in [0.15, 0.2) is 0 Å². The molecule has 1 heterocycles. The van der Waals surface area contributed by atoms with E-state index < -0.39 is 0 Å². The summed E-state index contributed by atoms with van der Waals surface area (Å²) in [6.45, 7) is 5.96. The molecule has 0 unspecified atom stereocenters. The van der Waals surface area contributed by atoms with Gasteiger partial charge in [-0.1, -0.05) is 132 Å². The molecule has 4 heteroatoms. The van der Waals surface area contributed by atoms with E-state index in [0.29, 0.717) is 11.6 Å². The number of pyridine rings is 1. The van der Waals surface area contributed by atoms with Crippen LogP contribution in [0.2, 0.25) is 5.02 Å². The molecular weight excluding hydrogens is 478 g/mol. The van der Waals surface area contributed by atoms with Gasteiger partial charge in [-0.2, -0.15) is 0 Å². The number of aromatic nitrogens is 1. The number of unbranched alkanes of at least 4 members (excludes halogenated alkanes) is 10. The Bertz CT molecular complexity index is 1030. The van der Waals surface area contributed by atoms with E-state index in [2.05, 4.69) is 61.3 Å². The molecule has 0 bridgehead atoms. The molecule has 0 saturated carbocycles. The predicted molar refractivity (Wildman–Crippen MR) is 158 cm³/mol. The summed E-state index contributed by atoms with van der Waals surface area (Å²) in [5.74, 6) is 1.67. The number of ether oxygens (including phenoxy) is 2. The van der Waals surface area contributed by atoms with Gasteiger partial charge in [0.25, 0.3) is 0 Å². The Labute approximate surface area is 229 Å². The zero-order valence-electron chi connectivity index (χ0n) is 22.8. The molecule has 0 saturated heterocycles. The van der Waals surface area contributed by atoms with Crippen molar-refractivity contribution in [2.24, 2.45) is 0 Å². The van der Waals surface area contributed by atoms with Crippen LogP contribution < -0.4 is 9.47 Å². The highest BCUT2D eigenvalue weighted by Crippen LogP contribution is 2.33. The molecule has 0 N–H and O–H groups in total. The molecule has 0 amide bonds. The summed E-state index contributed by atoms with van der Waals surface area (Å²) >= 11 is 6.59. The predicted octanol–water partition coefficient (Wildman–Crippen LogP) is 10.5. The van der Waals surface area contributed by atoms with Crippen molar-refractivity contribution < 1.29 is 9.47 Å².